The lowest BCUT2D eigenvalue weighted by molar-refractivity contribution is -0.137. The zero-order valence-electron chi connectivity index (χ0n) is 16.2. The van der Waals surface area contributed by atoms with E-state index in [0.717, 1.165) is 49.0 Å². The van der Waals surface area contributed by atoms with Crippen molar-refractivity contribution in [2.45, 2.75) is 19.1 Å². The van der Waals surface area contributed by atoms with E-state index in [9.17, 15) is 13.2 Å². The molecule has 0 unspecified atom stereocenters. The molecule has 158 valence electrons. The lowest BCUT2D eigenvalue weighted by atomic mass is 10.1. The lowest BCUT2D eigenvalue weighted by Crippen LogP contribution is -2.47. The highest BCUT2D eigenvalue weighted by molar-refractivity contribution is 6.33. The number of piperazine rings is 1. The molecule has 0 aliphatic carbocycles. The maximum Gasteiger partial charge on any atom is 0.416 e. The molecule has 0 radical (unpaired) electrons. The van der Waals surface area contributed by atoms with E-state index in [0.29, 0.717) is 5.89 Å². The average Bonchev–Trinajstić information content (AvgIpc) is 3.24. The van der Waals surface area contributed by atoms with E-state index in [1.165, 1.54) is 12.1 Å². The number of aromatic nitrogens is 2. The van der Waals surface area contributed by atoms with Gasteiger partial charge in [0, 0.05) is 31.7 Å². The lowest BCUT2D eigenvalue weighted by Gasteiger charge is -2.38. The number of hydrogen-bond donors (Lipinski definition) is 0. The van der Waals surface area contributed by atoms with Crippen LogP contribution in [0.3, 0.4) is 0 Å². The minimum atomic E-state index is -4.42. The first-order valence-corrected chi connectivity index (χ1v) is 9.95. The molecule has 0 bridgehead atoms. The summed E-state index contributed by atoms with van der Waals surface area (Å²) in [7, 11) is 0. The molecule has 1 aliphatic rings. The fourth-order valence-corrected chi connectivity index (χ4v) is 3.83. The summed E-state index contributed by atoms with van der Waals surface area (Å²) in [6.45, 7) is 5.08. The van der Waals surface area contributed by atoms with Crippen molar-refractivity contribution in [2.75, 3.05) is 31.1 Å². The molecule has 4 rings (SSSR count). The van der Waals surface area contributed by atoms with Gasteiger partial charge in [-0.3, -0.25) is 4.90 Å². The minimum Gasteiger partial charge on any atom is -0.368 e. The molecule has 1 atom stereocenters. The molecule has 1 aliphatic heterocycles. The molecule has 0 saturated carbocycles. The Bertz CT molecular complexity index is 1020. The SMILES string of the molecule is C[C@@H](c1nc(-c2cccc(C(F)(F)F)c2)no1)N1CCN(c2ccccc2Cl)CC1. The van der Waals surface area contributed by atoms with Crippen LogP contribution in [0.1, 0.15) is 24.4 Å². The van der Waals surface area contributed by atoms with Crippen LogP contribution in [0, 0.1) is 0 Å². The number of nitrogens with zero attached hydrogens (tertiary/aromatic N) is 4. The number of anilines is 1. The van der Waals surface area contributed by atoms with Crippen molar-refractivity contribution in [1.29, 1.82) is 0 Å². The smallest absolute Gasteiger partial charge is 0.368 e. The summed E-state index contributed by atoms with van der Waals surface area (Å²) in [5, 5.41) is 4.62. The van der Waals surface area contributed by atoms with Crippen molar-refractivity contribution in [2.24, 2.45) is 0 Å². The van der Waals surface area contributed by atoms with Crippen LogP contribution in [-0.2, 0) is 6.18 Å². The third-order valence-corrected chi connectivity index (χ3v) is 5.62. The van der Waals surface area contributed by atoms with Gasteiger partial charge in [0.15, 0.2) is 0 Å². The Morgan fingerprint density at radius 3 is 2.47 bits per heavy atom. The van der Waals surface area contributed by atoms with Crippen molar-refractivity contribution < 1.29 is 17.7 Å². The van der Waals surface area contributed by atoms with Crippen molar-refractivity contribution in [3.63, 3.8) is 0 Å². The molecule has 0 amide bonds. The first-order valence-electron chi connectivity index (χ1n) is 9.57. The molecule has 2 aromatic carbocycles. The van der Waals surface area contributed by atoms with Gasteiger partial charge in [0.05, 0.1) is 22.3 Å². The maximum absolute atomic E-state index is 13.0. The Balaban J connectivity index is 1.44. The summed E-state index contributed by atoms with van der Waals surface area (Å²) in [6.07, 6.45) is -4.42. The molecule has 5 nitrogen and oxygen atoms in total. The number of halogens is 4. The molecule has 2 heterocycles. The van der Waals surface area contributed by atoms with E-state index < -0.39 is 11.7 Å². The number of para-hydroxylation sites is 1. The monoisotopic (exact) mass is 436 g/mol. The van der Waals surface area contributed by atoms with E-state index in [2.05, 4.69) is 19.9 Å². The van der Waals surface area contributed by atoms with Gasteiger partial charge in [-0.2, -0.15) is 18.2 Å². The van der Waals surface area contributed by atoms with Crippen LogP contribution in [0.5, 0.6) is 0 Å². The second kappa shape index (κ2) is 8.28. The Morgan fingerprint density at radius 1 is 1.03 bits per heavy atom. The standard InChI is InChI=1S/C21H20ClF3N4O/c1-14(28-9-11-29(12-10-28)18-8-3-2-7-17(18)22)20-26-19(27-30-20)15-5-4-6-16(13-15)21(23,24)25/h2-8,13-14H,9-12H2,1H3/t14-/m0/s1. The van der Waals surface area contributed by atoms with Gasteiger partial charge in [0.1, 0.15) is 0 Å². The fourth-order valence-electron chi connectivity index (χ4n) is 3.57. The summed E-state index contributed by atoms with van der Waals surface area (Å²) in [6, 6.07) is 12.5. The summed E-state index contributed by atoms with van der Waals surface area (Å²) in [4.78, 5) is 8.78. The second-order valence-electron chi connectivity index (χ2n) is 7.19. The van der Waals surface area contributed by atoms with Crippen LogP contribution < -0.4 is 4.90 Å². The van der Waals surface area contributed by atoms with Gasteiger partial charge >= 0.3 is 6.18 Å². The molecule has 30 heavy (non-hydrogen) atoms. The molecular formula is C21H20ClF3N4O. The normalized spacial score (nSPS) is 16.6. The Kier molecular flexibility index (Phi) is 5.71. The molecule has 0 N–H and O–H groups in total. The minimum absolute atomic E-state index is 0.148. The van der Waals surface area contributed by atoms with Gasteiger partial charge in [-0.15, -0.1) is 0 Å². The third kappa shape index (κ3) is 4.29. The highest BCUT2D eigenvalue weighted by atomic mass is 35.5. The van der Waals surface area contributed by atoms with Gasteiger partial charge in [-0.05, 0) is 31.2 Å². The molecule has 1 saturated heterocycles. The first kappa shape index (κ1) is 20.7. The first-order chi connectivity index (χ1) is 14.3. The number of alkyl halides is 3. The number of rotatable bonds is 4. The highest BCUT2D eigenvalue weighted by Gasteiger charge is 2.31. The largest absolute Gasteiger partial charge is 0.416 e. The van der Waals surface area contributed by atoms with Gasteiger partial charge < -0.3 is 9.42 Å². The molecule has 0 spiro atoms. The van der Waals surface area contributed by atoms with Crippen LogP contribution in [0.2, 0.25) is 5.02 Å². The second-order valence-corrected chi connectivity index (χ2v) is 7.59. The molecule has 1 fully saturated rings. The van der Waals surface area contributed by atoms with Gasteiger partial charge in [-0.25, -0.2) is 0 Å². The van der Waals surface area contributed by atoms with Gasteiger partial charge in [-0.1, -0.05) is 41.0 Å². The molecule has 1 aromatic heterocycles. The van der Waals surface area contributed by atoms with Crippen LogP contribution in [0.4, 0.5) is 18.9 Å². The molecule has 9 heteroatoms. The van der Waals surface area contributed by atoms with E-state index in [1.807, 2.05) is 31.2 Å². The van der Waals surface area contributed by atoms with Crippen LogP contribution >= 0.6 is 11.6 Å². The zero-order chi connectivity index (χ0) is 21.3. The zero-order valence-corrected chi connectivity index (χ0v) is 17.0. The van der Waals surface area contributed by atoms with E-state index in [4.69, 9.17) is 16.1 Å². The Hall–Kier alpha value is -2.58. The van der Waals surface area contributed by atoms with Crippen LogP contribution in [0.25, 0.3) is 11.4 Å². The maximum atomic E-state index is 13.0. The van der Waals surface area contributed by atoms with Gasteiger partial charge in [0.2, 0.25) is 11.7 Å². The topological polar surface area (TPSA) is 45.4 Å². The average molecular weight is 437 g/mol. The molecule has 3 aromatic rings. The Labute approximate surface area is 177 Å². The summed E-state index contributed by atoms with van der Waals surface area (Å²) >= 11 is 6.29. The Morgan fingerprint density at radius 2 is 1.77 bits per heavy atom. The van der Waals surface area contributed by atoms with E-state index >= 15 is 0 Å². The summed E-state index contributed by atoms with van der Waals surface area (Å²) < 4.78 is 44.2. The van der Waals surface area contributed by atoms with Crippen molar-refractivity contribution in [3.05, 3.63) is 65.0 Å². The third-order valence-electron chi connectivity index (χ3n) is 5.30. The fraction of sp³-hybridized carbons (Fsp3) is 0.333. The van der Waals surface area contributed by atoms with Crippen molar-refractivity contribution >= 4 is 17.3 Å². The van der Waals surface area contributed by atoms with E-state index in [1.54, 1.807) is 0 Å². The summed E-state index contributed by atoms with van der Waals surface area (Å²) in [5.74, 6) is 0.534. The van der Waals surface area contributed by atoms with Crippen LogP contribution in [-0.4, -0.2) is 41.2 Å². The molecular weight excluding hydrogens is 417 g/mol. The van der Waals surface area contributed by atoms with Crippen molar-refractivity contribution in [1.82, 2.24) is 15.0 Å². The van der Waals surface area contributed by atoms with E-state index in [-0.39, 0.29) is 17.4 Å². The quantitative estimate of drug-likeness (QED) is 0.556. The number of benzene rings is 2. The predicted molar refractivity (Wildman–Crippen MR) is 108 cm³/mol. The van der Waals surface area contributed by atoms with Crippen LogP contribution in [0.15, 0.2) is 53.1 Å². The number of hydrogen-bond acceptors (Lipinski definition) is 5. The summed E-state index contributed by atoms with van der Waals surface area (Å²) in [5.41, 5.74) is 0.543. The van der Waals surface area contributed by atoms with Gasteiger partial charge in [0.25, 0.3) is 0 Å². The van der Waals surface area contributed by atoms with Crippen molar-refractivity contribution in [3.8, 4) is 11.4 Å². The highest BCUT2D eigenvalue weighted by Crippen LogP contribution is 2.32. The predicted octanol–water partition coefficient (Wildman–Crippen LogP) is 5.29.